The zero-order valence-electron chi connectivity index (χ0n) is 16.6. The van der Waals surface area contributed by atoms with E-state index in [1.165, 1.54) is 44.1 Å². The number of hydrogen-bond donors (Lipinski definition) is 2. The van der Waals surface area contributed by atoms with Crippen LogP contribution in [-0.2, 0) is 4.79 Å². The highest BCUT2D eigenvalue weighted by molar-refractivity contribution is 6.02. The lowest BCUT2D eigenvalue weighted by molar-refractivity contribution is -0.112. The van der Waals surface area contributed by atoms with Crippen molar-refractivity contribution in [3.05, 3.63) is 41.0 Å². The number of nitrogens with one attached hydrogen (secondary N) is 2. The lowest BCUT2D eigenvalue weighted by Crippen LogP contribution is -2.46. The van der Waals surface area contributed by atoms with Gasteiger partial charge in [-0.05, 0) is 93.2 Å². The van der Waals surface area contributed by atoms with E-state index in [1.807, 2.05) is 25.1 Å². The highest BCUT2D eigenvalue weighted by Gasteiger charge is 2.51. The van der Waals surface area contributed by atoms with E-state index in [0.717, 1.165) is 23.3 Å². The van der Waals surface area contributed by atoms with Gasteiger partial charge in [-0.1, -0.05) is 11.6 Å². The molecule has 2 N–H and O–H groups in total. The average molecular weight is 367 g/mol. The van der Waals surface area contributed by atoms with Crippen molar-refractivity contribution in [2.24, 2.45) is 23.2 Å². The molecule has 0 spiro atoms. The second kappa shape index (κ2) is 6.81. The molecule has 4 saturated carbocycles. The van der Waals surface area contributed by atoms with Gasteiger partial charge in [0.1, 0.15) is 0 Å². The summed E-state index contributed by atoms with van der Waals surface area (Å²) in [4.78, 5) is 24.7. The third kappa shape index (κ3) is 3.30. The molecule has 0 aromatic heterocycles. The SMILES string of the molecule is CNC(=O)c1cccc(NC(=O)/C=C(/C)C23CC4CC(CC(C4)C2)C3)c1C. The average Bonchev–Trinajstić information content (AvgIpc) is 2.61. The Hall–Kier alpha value is -2.10. The normalized spacial score (nSPS) is 31.7. The topological polar surface area (TPSA) is 58.2 Å². The minimum atomic E-state index is -0.135. The predicted octanol–water partition coefficient (Wildman–Crippen LogP) is 4.46. The van der Waals surface area contributed by atoms with Crippen LogP contribution in [0.3, 0.4) is 0 Å². The first-order valence-corrected chi connectivity index (χ1v) is 10.2. The first kappa shape index (κ1) is 18.3. The second-order valence-corrected chi connectivity index (χ2v) is 9.07. The molecule has 27 heavy (non-hydrogen) atoms. The summed E-state index contributed by atoms with van der Waals surface area (Å²) in [5.41, 5.74) is 3.60. The van der Waals surface area contributed by atoms with Gasteiger partial charge >= 0.3 is 0 Å². The maximum Gasteiger partial charge on any atom is 0.251 e. The van der Waals surface area contributed by atoms with E-state index in [-0.39, 0.29) is 17.2 Å². The fourth-order valence-corrected chi connectivity index (χ4v) is 6.26. The summed E-state index contributed by atoms with van der Waals surface area (Å²) in [6.07, 6.45) is 9.83. The van der Waals surface area contributed by atoms with E-state index in [0.29, 0.717) is 11.3 Å². The van der Waals surface area contributed by atoms with Gasteiger partial charge < -0.3 is 10.6 Å². The summed E-state index contributed by atoms with van der Waals surface area (Å²) >= 11 is 0. The molecule has 0 heterocycles. The summed E-state index contributed by atoms with van der Waals surface area (Å²) in [5.74, 6) is 2.39. The molecular formula is C23H30N2O2. The van der Waals surface area contributed by atoms with Gasteiger partial charge in [0, 0.05) is 24.4 Å². The Kier molecular flexibility index (Phi) is 4.61. The fraction of sp³-hybridized carbons (Fsp3) is 0.565. The number of rotatable bonds is 4. The molecule has 0 unspecified atom stereocenters. The summed E-state index contributed by atoms with van der Waals surface area (Å²) in [6, 6.07) is 5.44. The molecule has 1 aromatic rings. The van der Waals surface area contributed by atoms with Gasteiger partial charge in [-0.3, -0.25) is 9.59 Å². The molecule has 144 valence electrons. The smallest absolute Gasteiger partial charge is 0.251 e. The molecule has 4 fully saturated rings. The fourth-order valence-electron chi connectivity index (χ4n) is 6.26. The van der Waals surface area contributed by atoms with Crippen LogP contribution in [0, 0.1) is 30.1 Å². The lowest BCUT2D eigenvalue weighted by Gasteiger charge is -2.57. The number of anilines is 1. The monoisotopic (exact) mass is 366 g/mol. The predicted molar refractivity (Wildman–Crippen MR) is 108 cm³/mol. The molecular weight excluding hydrogens is 336 g/mol. The van der Waals surface area contributed by atoms with Crippen molar-refractivity contribution in [3.8, 4) is 0 Å². The Morgan fingerprint density at radius 2 is 1.67 bits per heavy atom. The van der Waals surface area contributed by atoms with Gasteiger partial charge in [0.15, 0.2) is 0 Å². The van der Waals surface area contributed by atoms with Crippen LogP contribution in [-0.4, -0.2) is 18.9 Å². The molecule has 4 aliphatic carbocycles. The highest BCUT2D eigenvalue weighted by Crippen LogP contribution is 2.62. The van der Waals surface area contributed by atoms with Crippen molar-refractivity contribution < 1.29 is 9.59 Å². The number of allylic oxidation sites excluding steroid dienone is 1. The quantitative estimate of drug-likeness (QED) is 0.773. The zero-order chi connectivity index (χ0) is 19.2. The van der Waals surface area contributed by atoms with Gasteiger partial charge in [0.05, 0.1) is 0 Å². The molecule has 1 aromatic carbocycles. The van der Waals surface area contributed by atoms with Gasteiger partial charge in [-0.2, -0.15) is 0 Å². The zero-order valence-corrected chi connectivity index (χ0v) is 16.6. The molecule has 5 rings (SSSR count). The van der Waals surface area contributed by atoms with Crippen molar-refractivity contribution in [2.45, 2.75) is 52.4 Å². The van der Waals surface area contributed by atoms with Gasteiger partial charge in [-0.15, -0.1) is 0 Å². The summed E-state index contributed by atoms with van der Waals surface area (Å²) < 4.78 is 0. The second-order valence-electron chi connectivity index (χ2n) is 9.07. The highest BCUT2D eigenvalue weighted by atomic mass is 16.2. The van der Waals surface area contributed by atoms with Crippen LogP contribution in [0.1, 0.15) is 61.4 Å². The van der Waals surface area contributed by atoms with Crippen LogP contribution in [0.5, 0.6) is 0 Å². The maximum absolute atomic E-state index is 12.7. The van der Waals surface area contributed by atoms with Crippen LogP contribution < -0.4 is 10.6 Å². The third-order valence-corrected chi connectivity index (χ3v) is 7.29. The van der Waals surface area contributed by atoms with Crippen molar-refractivity contribution in [3.63, 3.8) is 0 Å². The molecule has 0 atom stereocenters. The summed E-state index contributed by atoms with van der Waals surface area (Å²) in [6.45, 7) is 4.02. The van der Waals surface area contributed by atoms with E-state index < -0.39 is 0 Å². The number of benzene rings is 1. The summed E-state index contributed by atoms with van der Waals surface area (Å²) in [7, 11) is 1.62. The molecule has 4 heteroatoms. The lowest BCUT2D eigenvalue weighted by atomic mass is 9.48. The first-order chi connectivity index (χ1) is 12.9. The van der Waals surface area contributed by atoms with Crippen molar-refractivity contribution in [1.29, 1.82) is 0 Å². The number of carbonyl (C=O) groups is 2. The Balaban J connectivity index is 1.52. The van der Waals surface area contributed by atoms with Crippen molar-refractivity contribution in [1.82, 2.24) is 5.32 Å². The van der Waals surface area contributed by atoms with E-state index in [9.17, 15) is 9.59 Å². The van der Waals surface area contributed by atoms with Crippen LogP contribution in [0.15, 0.2) is 29.8 Å². The molecule has 4 bridgehead atoms. The van der Waals surface area contributed by atoms with Crippen LogP contribution in [0.25, 0.3) is 0 Å². The Morgan fingerprint density at radius 3 is 2.22 bits per heavy atom. The van der Waals surface area contributed by atoms with E-state index in [2.05, 4.69) is 17.6 Å². The van der Waals surface area contributed by atoms with Gasteiger partial charge in [0.2, 0.25) is 5.91 Å². The van der Waals surface area contributed by atoms with Gasteiger partial charge in [0.25, 0.3) is 5.91 Å². The Bertz CT molecular complexity index is 773. The van der Waals surface area contributed by atoms with Gasteiger partial charge in [-0.25, -0.2) is 0 Å². The van der Waals surface area contributed by atoms with E-state index >= 15 is 0 Å². The largest absolute Gasteiger partial charge is 0.355 e. The molecule has 2 amide bonds. The van der Waals surface area contributed by atoms with E-state index in [1.54, 1.807) is 13.1 Å². The number of hydrogen-bond acceptors (Lipinski definition) is 2. The minimum absolute atomic E-state index is 0.0830. The number of amides is 2. The summed E-state index contributed by atoms with van der Waals surface area (Å²) in [5, 5.41) is 5.64. The number of carbonyl (C=O) groups excluding carboxylic acids is 2. The molecule has 0 saturated heterocycles. The third-order valence-electron chi connectivity index (χ3n) is 7.29. The standard InChI is InChI=1S/C23H30N2O2/c1-14(23-11-16-8-17(12-23)10-18(9-16)13-23)7-21(26)25-20-6-4-5-19(15(20)2)22(27)24-3/h4-7,16-18H,8-13H2,1-3H3,(H,24,27)(H,25,26)/b14-7-. The van der Waals surface area contributed by atoms with Crippen LogP contribution >= 0.6 is 0 Å². The van der Waals surface area contributed by atoms with Crippen molar-refractivity contribution in [2.75, 3.05) is 12.4 Å². The molecule has 0 radical (unpaired) electrons. The first-order valence-electron chi connectivity index (χ1n) is 10.2. The van der Waals surface area contributed by atoms with E-state index in [4.69, 9.17) is 0 Å². The minimum Gasteiger partial charge on any atom is -0.355 e. The molecule has 4 aliphatic rings. The molecule has 0 aliphatic heterocycles. The van der Waals surface area contributed by atoms with Crippen LogP contribution in [0.4, 0.5) is 5.69 Å². The Labute approximate surface area is 161 Å². The Morgan fingerprint density at radius 1 is 1.07 bits per heavy atom. The van der Waals surface area contributed by atoms with Crippen molar-refractivity contribution >= 4 is 17.5 Å². The van der Waals surface area contributed by atoms with Crippen LogP contribution in [0.2, 0.25) is 0 Å². The maximum atomic E-state index is 12.7. The molecule has 4 nitrogen and oxygen atoms in total.